The molecule has 0 bridgehead atoms. The summed E-state index contributed by atoms with van der Waals surface area (Å²) in [6.45, 7) is 7.79. The molecule has 36 heavy (non-hydrogen) atoms. The smallest absolute Gasteiger partial charge is 0.343 e. The van der Waals surface area contributed by atoms with Crippen LogP contribution >= 0.6 is 0 Å². The number of esters is 3. The quantitative estimate of drug-likeness (QED) is 0.153. The van der Waals surface area contributed by atoms with Crippen LogP contribution in [0.15, 0.2) is 79.4 Å². The van der Waals surface area contributed by atoms with E-state index in [2.05, 4.69) is 13.5 Å². The number of carbonyl (C=O) groups excluding carboxylic acids is 3. The van der Waals surface area contributed by atoms with Gasteiger partial charge in [0.25, 0.3) is 0 Å². The number of benzene rings is 3. The predicted octanol–water partition coefficient (Wildman–Crippen LogP) is 5.49. The first-order valence-electron chi connectivity index (χ1n) is 11.6. The molecule has 3 aromatic rings. The van der Waals surface area contributed by atoms with Crippen LogP contribution < -0.4 is 14.2 Å². The van der Waals surface area contributed by atoms with Crippen molar-refractivity contribution in [3.8, 4) is 17.2 Å². The molecule has 0 unspecified atom stereocenters. The molecule has 0 saturated carbocycles. The van der Waals surface area contributed by atoms with Crippen molar-refractivity contribution in [2.75, 3.05) is 13.2 Å². The van der Waals surface area contributed by atoms with Crippen molar-refractivity contribution in [2.24, 2.45) is 0 Å². The van der Waals surface area contributed by atoms with Crippen LogP contribution in [0.4, 0.5) is 0 Å². The van der Waals surface area contributed by atoms with E-state index in [9.17, 15) is 14.4 Å². The molecule has 186 valence electrons. The third kappa shape index (κ3) is 7.56. The van der Waals surface area contributed by atoms with E-state index in [1.165, 1.54) is 12.1 Å². The summed E-state index contributed by atoms with van der Waals surface area (Å²) in [6, 6.07) is 18.5. The molecule has 0 fully saturated rings. The van der Waals surface area contributed by atoms with Crippen molar-refractivity contribution in [3.05, 3.63) is 102 Å². The van der Waals surface area contributed by atoms with Crippen LogP contribution in [0.25, 0.3) is 0 Å². The Labute approximate surface area is 210 Å². The summed E-state index contributed by atoms with van der Waals surface area (Å²) in [5.74, 6) is -0.118. The number of carbonyl (C=O) groups is 3. The van der Waals surface area contributed by atoms with Gasteiger partial charge in [-0.15, -0.1) is 0 Å². The molecule has 7 heteroatoms. The molecule has 0 spiro atoms. The van der Waals surface area contributed by atoms with Crippen molar-refractivity contribution in [3.63, 3.8) is 0 Å². The fourth-order valence-corrected chi connectivity index (χ4v) is 3.20. The molecule has 0 saturated heterocycles. The Balaban J connectivity index is 1.51. The van der Waals surface area contributed by atoms with Crippen LogP contribution in [0.5, 0.6) is 17.2 Å². The van der Waals surface area contributed by atoms with Gasteiger partial charge in [-0.1, -0.05) is 25.6 Å². The van der Waals surface area contributed by atoms with E-state index in [1.807, 2.05) is 19.1 Å². The Bertz CT molecular complexity index is 1210. The molecule has 0 N–H and O–H groups in total. The van der Waals surface area contributed by atoms with Gasteiger partial charge in [-0.3, -0.25) is 0 Å². The number of rotatable bonds is 11. The molecule has 7 nitrogen and oxygen atoms in total. The van der Waals surface area contributed by atoms with Crippen LogP contribution in [0.2, 0.25) is 0 Å². The van der Waals surface area contributed by atoms with E-state index in [-0.39, 0.29) is 6.61 Å². The van der Waals surface area contributed by atoms with Crippen molar-refractivity contribution in [1.82, 2.24) is 0 Å². The highest BCUT2D eigenvalue weighted by Gasteiger charge is 2.13. The monoisotopic (exact) mass is 488 g/mol. The van der Waals surface area contributed by atoms with Crippen molar-refractivity contribution < 1.29 is 33.3 Å². The van der Waals surface area contributed by atoms with Gasteiger partial charge in [0.1, 0.15) is 17.2 Å². The second kappa shape index (κ2) is 12.9. The molecule has 0 aliphatic rings. The van der Waals surface area contributed by atoms with Crippen molar-refractivity contribution in [2.45, 2.75) is 26.7 Å². The fourth-order valence-electron chi connectivity index (χ4n) is 3.20. The lowest BCUT2D eigenvalue weighted by molar-refractivity contribution is -0.137. The maximum Gasteiger partial charge on any atom is 0.343 e. The lowest BCUT2D eigenvalue weighted by atomic mass is 10.1. The van der Waals surface area contributed by atoms with Crippen LogP contribution in [-0.4, -0.2) is 31.1 Å². The highest BCUT2D eigenvalue weighted by molar-refractivity contribution is 5.93. The summed E-state index contributed by atoms with van der Waals surface area (Å²) in [6.07, 6.45) is 2.54. The maximum absolute atomic E-state index is 12.6. The number of aryl methyl sites for hydroxylation is 2. The highest BCUT2D eigenvalue weighted by atomic mass is 16.5. The van der Waals surface area contributed by atoms with Gasteiger partial charge < -0.3 is 18.9 Å². The molecular formula is C29H28O7. The molecule has 0 aromatic heterocycles. The zero-order valence-electron chi connectivity index (χ0n) is 20.3. The summed E-state index contributed by atoms with van der Waals surface area (Å²) in [5.41, 5.74) is 2.62. The van der Waals surface area contributed by atoms with Crippen molar-refractivity contribution >= 4 is 17.9 Å². The Morgan fingerprint density at radius 2 is 1.39 bits per heavy atom. The Morgan fingerprint density at radius 1 is 0.806 bits per heavy atom. The molecule has 3 aromatic carbocycles. The first-order valence-corrected chi connectivity index (χ1v) is 11.6. The second-order valence-corrected chi connectivity index (χ2v) is 7.85. The van der Waals surface area contributed by atoms with Gasteiger partial charge in [0.15, 0.2) is 0 Å². The number of hydrogen-bond acceptors (Lipinski definition) is 7. The van der Waals surface area contributed by atoms with Crippen LogP contribution in [-0.2, 0) is 16.0 Å². The van der Waals surface area contributed by atoms with Crippen LogP contribution in [0.3, 0.4) is 0 Å². The summed E-state index contributed by atoms with van der Waals surface area (Å²) >= 11 is 0. The fraction of sp³-hybridized carbons (Fsp3) is 0.207. The minimum absolute atomic E-state index is 0.233. The summed E-state index contributed by atoms with van der Waals surface area (Å²) in [4.78, 5) is 36.0. The Hall–Kier alpha value is -4.39. The minimum Gasteiger partial charge on any atom is -0.493 e. The van der Waals surface area contributed by atoms with E-state index in [4.69, 9.17) is 18.9 Å². The zero-order chi connectivity index (χ0) is 25.9. The van der Waals surface area contributed by atoms with E-state index in [0.717, 1.165) is 23.6 Å². The lowest BCUT2D eigenvalue weighted by Gasteiger charge is -2.11. The molecule has 0 aliphatic carbocycles. The molecule has 0 heterocycles. The lowest BCUT2D eigenvalue weighted by Crippen LogP contribution is -2.11. The van der Waals surface area contributed by atoms with Gasteiger partial charge in [-0.2, -0.15) is 0 Å². The average molecular weight is 489 g/mol. The summed E-state index contributed by atoms with van der Waals surface area (Å²) in [7, 11) is 0. The third-order valence-corrected chi connectivity index (χ3v) is 5.21. The van der Waals surface area contributed by atoms with Crippen LogP contribution in [0.1, 0.15) is 45.2 Å². The van der Waals surface area contributed by atoms with Gasteiger partial charge in [-0.25, -0.2) is 14.4 Å². The number of hydrogen-bond donors (Lipinski definition) is 0. The minimum atomic E-state index is -0.535. The SMILES string of the molecule is C=CC(=O)OCCCOc1ccc(C(=O)Oc2ccc(C(=O)Oc3ccc(CC)cc3)cc2)cc1C. The van der Waals surface area contributed by atoms with Crippen molar-refractivity contribution in [1.29, 1.82) is 0 Å². The van der Waals surface area contributed by atoms with Crippen LogP contribution in [0, 0.1) is 6.92 Å². The van der Waals surface area contributed by atoms with E-state index in [0.29, 0.717) is 41.4 Å². The Kier molecular flexibility index (Phi) is 9.40. The molecular weight excluding hydrogens is 460 g/mol. The van der Waals surface area contributed by atoms with E-state index >= 15 is 0 Å². The average Bonchev–Trinajstić information content (AvgIpc) is 2.89. The standard InChI is InChI=1S/C29H28O7/c1-4-21-7-12-24(13-8-21)35-28(31)22-9-14-25(15-10-22)36-29(32)23-11-16-26(20(3)19-23)33-17-6-18-34-27(30)5-2/h5,7-16,19H,2,4,6,17-18H2,1,3H3. The first kappa shape index (κ1) is 26.2. The van der Waals surface area contributed by atoms with Gasteiger partial charge in [0.2, 0.25) is 0 Å². The molecule has 0 atom stereocenters. The maximum atomic E-state index is 12.6. The number of ether oxygens (including phenoxy) is 4. The molecule has 3 rings (SSSR count). The molecule has 0 radical (unpaired) electrons. The molecule has 0 aliphatic heterocycles. The van der Waals surface area contributed by atoms with E-state index in [1.54, 1.807) is 42.5 Å². The Morgan fingerprint density at radius 3 is 1.97 bits per heavy atom. The van der Waals surface area contributed by atoms with Gasteiger partial charge >= 0.3 is 17.9 Å². The topological polar surface area (TPSA) is 88.1 Å². The highest BCUT2D eigenvalue weighted by Crippen LogP contribution is 2.22. The van der Waals surface area contributed by atoms with Gasteiger partial charge in [0.05, 0.1) is 24.3 Å². The third-order valence-electron chi connectivity index (χ3n) is 5.21. The second-order valence-electron chi connectivity index (χ2n) is 7.85. The zero-order valence-corrected chi connectivity index (χ0v) is 20.3. The van der Waals surface area contributed by atoms with Gasteiger partial charge in [0, 0.05) is 12.5 Å². The predicted molar refractivity (Wildman–Crippen MR) is 135 cm³/mol. The van der Waals surface area contributed by atoms with E-state index < -0.39 is 17.9 Å². The first-order chi connectivity index (χ1) is 17.4. The molecule has 0 amide bonds. The largest absolute Gasteiger partial charge is 0.493 e. The summed E-state index contributed by atoms with van der Waals surface area (Å²) in [5, 5.41) is 0. The van der Waals surface area contributed by atoms with Gasteiger partial charge in [-0.05, 0) is 79.1 Å². The summed E-state index contributed by atoms with van der Waals surface area (Å²) < 4.78 is 21.4. The normalized spacial score (nSPS) is 10.3.